The maximum absolute atomic E-state index is 11.7. The van der Waals surface area contributed by atoms with E-state index in [0.29, 0.717) is 10.9 Å². The third-order valence-electron chi connectivity index (χ3n) is 4.54. The third-order valence-corrected chi connectivity index (χ3v) is 4.54. The number of phenols is 1. The van der Waals surface area contributed by atoms with E-state index in [4.69, 9.17) is 0 Å². The van der Waals surface area contributed by atoms with Gasteiger partial charge in [-0.25, -0.2) is 0 Å². The number of aldehydes is 1. The van der Waals surface area contributed by atoms with E-state index < -0.39 is 0 Å². The van der Waals surface area contributed by atoms with Crippen molar-refractivity contribution in [2.45, 2.75) is 0 Å². The van der Waals surface area contributed by atoms with Crippen LogP contribution in [-0.2, 0) is 0 Å². The lowest BCUT2D eigenvalue weighted by molar-refractivity contribution is 0.112. The molecule has 5 rings (SSSR count). The number of carbonyl (C=O) groups is 1. The summed E-state index contributed by atoms with van der Waals surface area (Å²) in [6, 6.07) is 15.6. The number of hydrogen-bond acceptors (Lipinski definition) is 2. The summed E-state index contributed by atoms with van der Waals surface area (Å²) >= 11 is 0. The third kappa shape index (κ3) is 1.42. The van der Waals surface area contributed by atoms with Crippen LogP contribution < -0.4 is 0 Å². The van der Waals surface area contributed by atoms with Gasteiger partial charge in [0.25, 0.3) is 0 Å². The largest absolute Gasteiger partial charge is 0.506 e. The summed E-state index contributed by atoms with van der Waals surface area (Å²) < 4.78 is 0. The molecule has 0 aliphatic carbocycles. The SMILES string of the molecule is O=Cc1c(O)c2c3ccccc3[nH]c2c2[nH]c3ccccc3c12. The molecule has 2 heterocycles. The summed E-state index contributed by atoms with van der Waals surface area (Å²) in [6.45, 7) is 0. The number of aromatic nitrogens is 2. The van der Waals surface area contributed by atoms with Crippen molar-refractivity contribution in [3.8, 4) is 5.75 Å². The van der Waals surface area contributed by atoms with E-state index >= 15 is 0 Å². The van der Waals surface area contributed by atoms with Crippen molar-refractivity contribution < 1.29 is 9.90 Å². The highest BCUT2D eigenvalue weighted by molar-refractivity contribution is 6.28. The Hall–Kier alpha value is -3.27. The van der Waals surface area contributed by atoms with Gasteiger partial charge in [-0.1, -0.05) is 36.4 Å². The van der Waals surface area contributed by atoms with Crippen LogP contribution in [0.1, 0.15) is 10.4 Å². The van der Waals surface area contributed by atoms with Gasteiger partial charge in [-0.05, 0) is 12.1 Å². The molecule has 23 heavy (non-hydrogen) atoms. The highest BCUT2D eigenvalue weighted by Crippen LogP contribution is 2.42. The molecule has 0 unspecified atom stereocenters. The van der Waals surface area contributed by atoms with Crippen molar-refractivity contribution in [1.82, 2.24) is 9.97 Å². The molecule has 110 valence electrons. The van der Waals surface area contributed by atoms with Crippen molar-refractivity contribution in [3.63, 3.8) is 0 Å². The Labute approximate surface area is 130 Å². The first kappa shape index (κ1) is 12.3. The van der Waals surface area contributed by atoms with E-state index in [1.54, 1.807) is 0 Å². The van der Waals surface area contributed by atoms with Crippen molar-refractivity contribution in [1.29, 1.82) is 0 Å². The fourth-order valence-corrected chi connectivity index (χ4v) is 3.55. The van der Waals surface area contributed by atoms with Crippen LogP contribution in [0.2, 0.25) is 0 Å². The van der Waals surface area contributed by atoms with Crippen LogP contribution in [0.4, 0.5) is 0 Å². The van der Waals surface area contributed by atoms with E-state index in [2.05, 4.69) is 9.97 Å². The molecule has 0 saturated heterocycles. The monoisotopic (exact) mass is 300 g/mol. The number of aromatic hydroxyl groups is 1. The van der Waals surface area contributed by atoms with Gasteiger partial charge in [-0.2, -0.15) is 0 Å². The fourth-order valence-electron chi connectivity index (χ4n) is 3.55. The van der Waals surface area contributed by atoms with Gasteiger partial charge >= 0.3 is 0 Å². The predicted octanol–water partition coefficient (Wildman–Crippen LogP) is 4.47. The lowest BCUT2D eigenvalue weighted by atomic mass is 10.0. The molecule has 5 aromatic rings. The highest BCUT2D eigenvalue weighted by atomic mass is 16.3. The first-order valence-electron chi connectivity index (χ1n) is 7.40. The Balaban J connectivity index is 2.19. The van der Waals surface area contributed by atoms with Crippen LogP contribution in [0, 0.1) is 0 Å². The van der Waals surface area contributed by atoms with Gasteiger partial charge in [0.05, 0.1) is 22.0 Å². The predicted molar refractivity (Wildman–Crippen MR) is 92.2 cm³/mol. The van der Waals surface area contributed by atoms with Gasteiger partial charge in [-0.3, -0.25) is 4.79 Å². The Morgan fingerprint density at radius 3 is 1.91 bits per heavy atom. The zero-order valence-electron chi connectivity index (χ0n) is 12.1. The Bertz CT molecular complexity index is 1240. The fraction of sp³-hybridized carbons (Fsp3) is 0. The molecule has 3 N–H and O–H groups in total. The van der Waals surface area contributed by atoms with E-state index in [1.165, 1.54) is 0 Å². The normalized spacial score (nSPS) is 11.8. The van der Waals surface area contributed by atoms with Crippen molar-refractivity contribution >= 4 is 49.9 Å². The van der Waals surface area contributed by atoms with Gasteiger partial charge in [0.1, 0.15) is 5.75 Å². The van der Waals surface area contributed by atoms with Crippen LogP contribution in [0.5, 0.6) is 5.75 Å². The molecule has 4 nitrogen and oxygen atoms in total. The van der Waals surface area contributed by atoms with Crippen LogP contribution in [0.3, 0.4) is 0 Å². The molecule has 4 heteroatoms. The average Bonchev–Trinajstić information content (AvgIpc) is 3.14. The maximum Gasteiger partial charge on any atom is 0.154 e. The quantitative estimate of drug-likeness (QED) is 0.400. The summed E-state index contributed by atoms with van der Waals surface area (Å²) in [5.74, 6) is 0.0321. The Kier molecular flexibility index (Phi) is 2.21. The molecule has 0 saturated carbocycles. The molecule has 0 aliphatic heterocycles. The van der Waals surface area contributed by atoms with Crippen molar-refractivity contribution in [2.75, 3.05) is 0 Å². The average molecular weight is 300 g/mol. The van der Waals surface area contributed by atoms with Gasteiger partial charge in [0, 0.05) is 27.2 Å². The number of benzene rings is 3. The number of rotatable bonds is 1. The highest BCUT2D eigenvalue weighted by Gasteiger charge is 2.20. The second-order valence-electron chi connectivity index (χ2n) is 5.72. The number of para-hydroxylation sites is 2. The summed E-state index contributed by atoms with van der Waals surface area (Å²) in [6.07, 6.45) is 0.735. The molecular formula is C19H12N2O2. The first-order valence-corrected chi connectivity index (χ1v) is 7.40. The van der Waals surface area contributed by atoms with Crippen LogP contribution in [0.15, 0.2) is 48.5 Å². The standard InChI is InChI=1S/C19H12N2O2/c22-9-12-15-10-5-1-3-7-13(10)20-17(15)18-16(19(12)23)11-6-2-4-8-14(11)21-18/h1-9,20-21,23H. The maximum atomic E-state index is 11.7. The summed E-state index contributed by atoms with van der Waals surface area (Å²) in [5.41, 5.74) is 3.87. The lowest BCUT2D eigenvalue weighted by Crippen LogP contribution is -1.86. The minimum Gasteiger partial charge on any atom is -0.506 e. The molecule has 0 amide bonds. The van der Waals surface area contributed by atoms with Gasteiger partial charge < -0.3 is 15.1 Å². The molecule has 0 spiro atoms. The topological polar surface area (TPSA) is 68.9 Å². The Morgan fingerprint density at radius 1 is 0.783 bits per heavy atom. The van der Waals surface area contributed by atoms with Crippen LogP contribution in [0.25, 0.3) is 43.6 Å². The number of carbonyl (C=O) groups excluding carboxylic acids is 1. The lowest BCUT2D eigenvalue weighted by Gasteiger charge is -2.04. The number of H-pyrrole nitrogens is 2. The van der Waals surface area contributed by atoms with Crippen molar-refractivity contribution in [2.24, 2.45) is 0 Å². The molecule has 0 bridgehead atoms. The molecule has 3 aromatic carbocycles. The number of phenolic OH excluding ortho intramolecular Hbond substituents is 1. The molecule has 2 aromatic heterocycles. The van der Waals surface area contributed by atoms with E-state index in [0.717, 1.165) is 44.5 Å². The first-order chi connectivity index (χ1) is 11.3. The minimum absolute atomic E-state index is 0.0321. The van der Waals surface area contributed by atoms with Gasteiger partial charge in [-0.15, -0.1) is 0 Å². The number of nitrogens with one attached hydrogen (secondary N) is 2. The number of hydrogen-bond donors (Lipinski definition) is 3. The van der Waals surface area contributed by atoms with Gasteiger partial charge in [0.15, 0.2) is 6.29 Å². The van der Waals surface area contributed by atoms with E-state index in [9.17, 15) is 9.90 Å². The zero-order valence-corrected chi connectivity index (χ0v) is 12.1. The molecule has 0 atom stereocenters. The van der Waals surface area contributed by atoms with Crippen LogP contribution in [-0.4, -0.2) is 21.4 Å². The van der Waals surface area contributed by atoms with Crippen LogP contribution >= 0.6 is 0 Å². The summed E-state index contributed by atoms with van der Waals surface area (Å²) in [4.78, 5) is 18.5. The van der Waals surface area contributed by atoms with Crippen molar-refractivity contribution in [3.05, 3.63) is 54.1 Å². The smallest absolute Gasteiger partial charge is 0.154 e. The zero-order chi connectivity index (χ0) is 15.6. The molecule has 0 fully saturated rings. The van der Waals surface area contributed by atoms with Gasteiger partial charge in [0.2, 0.25) is 0 Å². The van der Waals surface area contributed by atoms with E-state index in [1.807, 2.05) is 48.5 Å². The number of aromatic amines is 2. The van der Waals surface area contributed by atoms with E-state index in [-0.39, 0.29) is 5.75 Å². The summed E-state index contributed by atoms with van der Waals surface area (Å²) in [7, 11) is 0. The molecule has 0 aliphatic rings. The second-order valence-corrected chi connectivity index (χ2v) is 5.72. The molecule has 0 radical (unpaired) electrons. The minimum atomic E-state index is 0.0321. The Morgan fingerprint density at radius 2 is 1.30 bits per heavy atom. The number of fused-ring (bicyclic) bond motifs is 7. The second kappa shape index (κ2) is 4.14. The summed E-state index contributed by atoms with van der Waals surface area (Å²) in [5, 5.41) is 14.0. The molecular weight excluding hydrogens is 288 g/mol.